The Balaban J connectivity index is 1.71. The lowest BCUT2D eigenvalue weighted by Gasteiger charge is -2.20. The van der Waals surface area contributed by atoms with Crippen LogP contribution in [0.15, 0.2) is 42.5 Å². The van der Waals surface area contributed by atoms with Crippen molar-refractivity contribution in [1.29, 1.82) is 0 Å². The standard InChI is InChI=1S/C17H19N3O/c1-12-5-7-14(8-6-12)19-17(21)20-16-4-2-3-13-11-18-10-9-15(13)16/h2-8,18H,9-11H2,1H3,(H2,19,20,21). The van der Waals surface area contributed by atoms with Gasteiger partial charge in [-0.2, -0.15) is 0 Å². The number of nitrogens with one attached hydrogen (secondary N) is 3. The summed E-state index contributed by atoms with van der Waals surface area (Å²) in [4.78, 5) is 12.1. The Hall–Kier alpha value is -2.33. The minimum atomic E-state index is -0.203. The van der Waals surface area contributed by atoms with Gasteiger partial charge in [0, 0.05) is 17.9 Å². The molecule has 3 N–H and O–H groups in total. The number of benzene rings is 2. The molecule has 1 heterocycles. The van der Waals surface area contributed by atoms with Crippen molar-refractivity contribution in [1.82, 2.24) is 5.32 Å². The molecule has 3 rings (SSSR count). The van der Waals surface area contributed by atoms with Gasteiger partial charge in [-0.1, -0.05) is 29.8 Å². The summed E-state index contributed by atoms with van der Waals surface area (Å²) in [6.45, 7) is 3.84. The third-order valence-corrected chi connectivity index (χ3v) is 3.70. The van der Waals surface area contributed by atoms with E-state index in [0.29, 0.717) is 0 Å². The van der Waals surface area contributed by atoms with Crippen LogP contribution >= 0.6 is 0 Å². The summed E-state index contributed by atoms with van der Waals surface area (Å²) in [7, 11) is 0. The third-order valence-electron chi connectivity index (χ3n) is 3.70. The fraction of sp³-hybridized carbons (Fsp3) is 0.235. The van der Waals surface area contributed by atoms with Gasteiger partial charge in [-0.05, 0) is 49.2 Å². The van der Waals surface area contributed by atoms with Gasteiger partial charge in [-0.3, -0.25) is 0 Å². The van der Waals surface area contributed by atoms with E-state index in [1.807, 2.05) is 43.3 Å². The van der Waals surface area contributed by atoms with Gasteiger partial charge >= 0.3 is 6.03 Å². The van der Waals surface area contributed by atoms with Gasteiger partial charge in [0.2, 0.25) is 0 Å². The van der Waals surface area contributed by atoms with E-state index in [-0.39, 0.29) is 6.03 Å². The molecular weight excluding hydrogens is 262 g/mol. The van der Waals surface area contributed by atoms with Crippen molar-refractivity contribution in [3.63, 3.8) is 0 Å². The normalized spacial score (nSPS) is 13.4. The molecule has 2 aromatic rings. The fourth-order valence-electron chi connectivity index (χ4n) is 2.57. The number of hydrogen-bond acceptors (Lipinski definition) is 2. The number of fused-ring (bicyclic) bond motifs is 1. The van der Waals surface area contributed by atoms with E-state index in [1.165, 1.54) is 16.7 Å². The Labute approximate surface area is 124 Å². The fourth-order valence-corrected chi connectivity index (χ4v) is 2.57. The molecule has 0 bridgehead atoms. The first-order valence-electron chi connectivity index (χ1n) is 7.18. The zero-order chi connectivity index (χ0) is 14.7. The van der Waals surface area contributed by atoms with Crippen LogP contribution < -0.4 is 16.0 Å². The molecule has 0 spiro atoms. The monoisotopic (exact) mass is 281 g/mol. The number of aryl methyl sites for hydroxylation is 1. The molecule has 0 aliphatic carbocycles. The van der Waals surface area contributed by atoms with E-state index in [1.54, 1.807) is 0 Å². The molecule has 2 aromatic carbocycles. The van der Waals surface area contributed by atoms with Crippen LogP contribution in [0.3, 0.4) is 0 Å². The van der Waals surface area contributed by atoms with Crippen LogP contribution in [0.25, 0.3) is 0 Å². The summed E-state index contributed by atoms with van der Waals surface area (Å²) in [6, 6.07) is 13.6. The molecule has 1 aliphatic rings. The van der Waals surface area contributed by atoms with Crippen molar-refractivity contribution >= 4 is 17.4 Å². The number of hydrogen-bond donors (Lipinski definition) is 3. The molecule has 4 heteroatoms. The zero-order valence-corrected chi connectivity index (χ0v) is 12.1. The molecular formula is C17H19N3O. The van der Waals surface area contributed by atoms with Crippen LogP contribution in [0, 0.1) is 6.92 Å². The average Bonchev–Trinajstić information content (AvgIpc) is 2.50. The van der Waals surface area contributed by atoms with Crippen LogP contribution in [0.4, 0.5) is 16.2 Å². The van der Waals surface area contributed by atoms with Crippen molar-refractivity contribution in [2.24, 2.45) is 0 Å². The first kappa shape index (κ1) is 13.6. The lowest BCUT2D eigenvalue weighted by molar-refractivity contribution is 0.262. The Kier molecular flexibility index (Phi) is 3.88. The quantitative estimate of drug-likeness (QED) is 0.791. The predicted molar refractivity (Wildman–Crippen MR) is 85.7 cm³/mol. The lowest BCUT2D eigenvalue weighted by atomic mass is 9.99. The van der Waals surface area contributed by atoms with E-state index >= 15 is 0 Å². The van der Waals surface area contributed by atoms with E-state index < -0.39 is 0 Å². The SMILES string of the molecule is Cc1ccc(NC(=O)Nc2cccc3c2CCNC3)cc1. The van der Waals surface area contributed by atoms with Crippen LogP contribution in [-0.2, 0) is 13.0 Å². The number of anilines is 2. The highest BCUT2D eigenvalue weighted by Gasteiger charge is 2.13. The van der Waals surface area contributed by atoms with Crippen LogP contribution in [-0.4, -0.2) is 12.6 Å². The first-order chi connectivity index (χ1) is 10.2. The molecule has 0 radical (unpaired) electrons. The Morgan fingerprint density at radius 1 is 1.10 bits per heavy atom. The third kappa shape index (κ3) is 3.23. The van der Waals surface area contributed by atoms with E-state index in [9.17, 15) is 4.79 Å². The molecule has 0 fully saturated rings. The molecule has 0 aromatic heterocycles. The van der Waals surface area contributed by atoms with Crippen molar-refractivity contribution in [3.8, 4) is 0 Å². The predicted octanol–water partition coefficient (Wildman–Crippen LogP) is 3.28. The van der Waals surface area contributed by atoms with Crippen molar-refractivity contribution in [2.75, 3.05) is 17.2 Å². The van der Waals surface area contributed by atoms with Crippen molar-refractivity contribution < 1.29 is 4.79 Å². The van der Waals surface area contributed by atoms with Crippen LogP contribution in [0.2, 0.25) is 0 Å². The largest absolute Gasteiger partial charge is 0.323 e. The molecule has 4 nitrogen and oxygen atoms in total. The number of carbonyl (C=O) groups is 1. The Morgan fingerprint density at radius 2 is 1.90 bits per heavy atom. The van der Waals surface area contributed by atoms with Gasteiger partial charge in [0.15, 0.2) is 0 Å². The van der Waals surface area contributed by atoms with Gasteiger partial charge in [-0.25, -0.2) is 4.79 Å². The average molecular weight is 281 g/mol. The zero-order valence-electron chi connectivity index (χ0n) is 12.1. The van der Waals surface area contributed by atoms with E-state index in [2.05, 4.69) is 22.0 Å². The maximum Gasteiger partial charge on any atom is 0.323 e. The summed E-state index contributed by atoms with van der Waals surface area (Å²) < 4.78 is 0. The number of rotatable bonds is 2. The molecule has 108 valence electrons. The summed E-state index contributed by atoms with van der Waals surface area (Å²) in [6.07, 6.45) is 0.941. The Morgan fingerprint density at radius 3 is 2.71 bits per heavy atom. The van der Waals surface area contributed by atoms with Gasteiger partial charge in [-0.15, -0.1) is 0 Å². The highest BCUT2D eigenvalue weighted by Crippen LogP contribution is 2.23. The molecule has 0 saturated carbocycles. The second-order valence-electron chi connectivity index (χ2n) is 5.32. The molecule has 0 saturated heterocycles. The smallest absolute Gasteiger partial charge is 0.312 e. The topological polar surface area (TPSA) is 53.2 Å². The van der Waals surface area contributed by atoms with E-state index in [0.717, 1.165) is 30.9 Å². The second kappa shape index (κ2) is 5.97. The maximum absolute atomic E-state index is 12.1. The second-order valence-corrected chi connectivity index (χ2v) is 5.32. The van der Waals surface area contributed by atoms with Gasteiger partial charge in [0.25, 0.3) is 0 Å². The summed E-state index contributed by atoms with van der Waals surface area (Å²) >= 11 is 0. The molecule has 2 amide bonds. The maximum atomic E-state index is 12.1. The number of amides is 2. The number of carbonyl (C=O) groups excluding carboxylic acids is 1. The Bertz CT molecular complexity index is 650. The minimum absolute atomic E-state index is 0.203. The van der Waals surface area contributed by atoms with Crippen molar-refractivity contribution in [3.05, 3.63) is 59.2 Å². The summed E-state index contributed by atoms with van der Waals surface area (Å²) in [5.74, 6) is 0. The highest BCUT2D eigenvalue weighted by atomic mass is 16.2. The van der Waals surface area contributed by atoms with Gasteiger partial charge in [0.05, 0.1) is 0 Å². The summed E-state index contributed by atoms with van der Waals surface area (Å²) in [5.41, 5.74) is 5.36. The minimum Gasteiger partial charge on any atom is -0.312 e. The van der Waals surface area contributed by atoms with Crippen LogP contribution in [0.1, 0.15) is 16.7 Å². The van der Waals surface area contributed by atoms with Gasteiger partial charge < -0.3 is 16.0 Å². The number of urea groups is 1. The molecule has 21 heavy (non-hydrogen) atoms. The van der Waals surface area contributed by atoms with Crippen molar-refractivity contribution in [2.45, 2.75) is 19.9 Å². The first-order valence-corrected chi connectivity index (χ1v) is 7.18. The molecule has 1 aliphatic heterocycles. The molecule has 0 unspecified atom stereocenters. The molecule has 0 atom stereocenters. The van der Waals surface area contributed by atoms with Gasteiger partial charge in [0.1, 0.15) is 0 Å². The summed E-state index contributed by atoms with van der Waals surface area (Å²) in [5, 5.41) is 9.15. The highest BCUT2D eigenvalue weighted by molar-refractivity contribution is 6.00. The van der Waals surface area contributed by atoms with E-state index in [4.69, 9.17) is 0 Å². The lowest BCUT2D eigenvalue weighted by Crippen LogP contribution is -2.26. The van der Waals surface area contributed by atoms with Crippen LogP contribution in [0.5, 0.6) is 0 Å².